The van der Waals surface area contributed by atoms with E-state index >= 15 is 0 Å². The Balaban J connectivity index is 2.21. The molecule has 2 aromatic heterocycles. The first kappa shape index (κ1) is 22.8. The average molecular weight is 438 g/mol. The molecule has 29 heavy (non-hydrogen) atoms. The van der Waals surface area contributed by atoms with E-state index < -0.39 is 5.97 Å². The summed E-state index contributed by atoms with van der Waals surface area (Å²) < 4.78 is 6.75. The molecule has 0 bridgehead atoms. The zero-order chi connectivity index (χ0) is 21.6. The van der Waals surface area contributed by atoms with Gasteiger partial charge in [-0.3, -0.25) is 9.48 Å². The van der Waals surface area contributed by atoms with E-state index in [9.17, 15) is 9.59 Å². The van der Waals surface area contributed by atoms with Crippen molar-refractivity contribution in [1.82, 2.24) is 20.0 Å². The van der Waals surface area contributed by atoms with Crippen molar-refractivity contribution in [3.8, 4) is 0 Å². The van der Waals surface area contributed by atoms with Crippen molar-refractivity contribution in [2.75, 3.05) is 25.5 Å². The van der Waals surface area contributed by atoms with Gasteiger partial charge in [-0.1, -0.05) is 0 Å². The van der Waals surface area contributed by atoms with E-state index in [1.165, 1.54) is 18.4 Å². The predicted octanol–water partition coefficient (Wildman–Crippen LogP) is 3.03. The van der Waals surface area contributed by atoms with Crippen LogP contribution in [0, 0.1) is 6.92 Å². The van der Waals surface area contributed by atoms with Crippen molar-refractivity contribution < 1.29 is 14.3 Å². The summed E-state index contributed by atoms with van der Waals surface area (Å²) in [5.74, 6) is -0.617. The van der Waals surface area contributed by atoms with E-state index in [2.05, 4.69) is 15.7 Å². The van der Waals surface area contributed by atoms with Gasteiger partial charge in [0.2, 0.25) is 0 Å². The molecule has 8 nitrogen and oxygen atoms in total. The number of thiophene rings is 1. The Hall–Kier alpha value is -2.46. The van der Waals surface area contributed by atoms with Gasteiger partial charge in [-0.2, -0.15) is 5.10 Å². The summed E-state index contributed by atoms with van der Waals surface area (Å²) in [5.41, 5.74) is 1.91. The van der Waals surface area contributed by atoms with Crippen molar-refractivity contribution in [2.24, 2.45) is 0 Å². The number of hydrogen-bond acceptors (Lipinski definition) is 6. The molecule has 10 heteroatoms. The average Bonchev–Trinajstić information content (AvgIpc) is 3.31. The first-order valence-electron chi connectivity index (χ1n) is 9.43. The number of methoxy groups -OCH3 is 1. The molecule has 0 fully saturated rings. The van der Waals surface area contributed by atoms with Crippen LogP contribution < -0.4 is 10.6 Å². The summed E-state index contributed by atoms with van der Waals surface area (Å²) in [6.07, 6.45) is 3.71. The molecule has 0 unspecified atom stereocenters. The Morgan fingerprint density at radius 1 is 1.31 bits per heavy atom. The van der Waals surface area contributed by atoms with Crippen LogP contribution in [0.2, 0.25) is 0 Å². The summed E-state index contributed by atoms with van der Waals surface area (Å²) in [7, 11) is 1.32. The molecule has 2 heterocycles. The van der Waals surface area contributed by atoms with E-state index in [1.54, 1.807) is 18.0 Å². The molecule has 158 valence electrons. The number of hydrogen-bond donors (Lipinski definition) is 2. The maximum absolute atomic E-state index is 12.8. The van der Waals surface area contributed by atoms with Crippen LogP contribution in [0.3, 0.4) is 0 Å². The van der Waals surface area contributed by atoms with Gasteiger partial charge in [-0.05, 0) is 45.5 Å². The van der Waals surface area contributed by atoms with Gasteiger partial charge in [-0.15, -0.1) is 11.3 Å². The Morgan fingerprint density at radius 2 is 2.00 bits per heavy atom. The van der Waals surface area contributed by atoms with Crippen LogP contribution in [0.25, 0.3) is 0 Å². The number of esters is 1. The highest BCUT2D eigenvalue weighted by molar-refractivity contribution is 7.80. The predicted molar refractivity (Wildman–Crippen MR) is 119 cm³/mol. The fourth-order valence-electron chi connectivity index (χ4n) is 2.81. The largest absolute Gasteiger partial charge is 0.465 e. The number of anilines is 1. The first-order valence-corrected chi connectivity index (χ1v) is 10.7. The van der Waals surface area contributed by atoms with Crippen molar-refractivity contribution >= 4 is 45.5 Å². The third kappa shape index (κ3) is 5.33. The minimum Gasteiger partial charge on any atom is -0.465 e. The second kappa shape index (κ2) is 10.4. The molecule has 0 saturated heterocycles. The summed E-state index contributed by atoms with van der Waals surface area (Å²) in [6, 6.07) is 0. The van der Waals surface area contributed by atoms with Gasteiger partial charge in [0.25, 0.3) is 5.91 Å². The van der Waals surface area contributed by atoms with Gasteiger partial charge in [0, 0.05) is 37.9 Å². The van der Waals surface area contributed by atoms with E-state index in [0.29, 0.717) is 45.8 Å². The number of amides is 1. The number of aromatic nitrogens is 2. The quantitative estimate of drug-likeness (QED) is 0.485. The van der Waals surface area contributed by atoms with Crippen LogP contribution in [0.15, 0.2) is 12.4 Å². The molecule has 2 rings (SSSR count). The standard InChI is InChI=1S/C19H27N5O3S2/c1-6-23(7-2)17(25)15-12(4)14(18(26)27-5)16(29-15)22-19(28)20-9-13-10-21-24(8-3)11-13/h10-11H,6-9H2,1-5H3,(H2,20,22,28). The zero-order valence-corrected chi connectivity index (χ0v) is 19.0. The Kier molecular flexibility index (Phi) is 8.15. The molecule has 0 aliphatic heterocycles. The molecular formula is C19H27N5O3S2. The smallest absolute Gasteiger partial charge is 0.341 e. The molecular weight excluding hydrogens is 410 g/mol. The van der Waals surface area contributed by atoms with Crippen LogP contribution in [0.4, 0.5) is 5.00 Å². The number of aryl methyl sites for hydroxylation is 1. The van der Waals surface area contributed by atoms with Gasteiger partial charge < -0.3 is 20.3 Å². The topological polar surface area (TPSA) is 88.5 Å². The number of nitrogens with one attached hydrogen (secondary N) is 2. The zero-order valence-electron chi connectivity index (χ0n) is 17.4. The first-order chi connectivity index (χ1) is 13.9. The molecule has 0 radical (unpaired) electrons. The number of thiocarbonyl (C=S) groups is 1. The lowest BCUT2D eigenvalue weighted by Gasteiger charge is -2.17. The van der Waals surface area contributed by atoms with Crippen molar-refractivity contribution in [3.63, 3.8) is 0 Å². The Bertz CT molecular complexity index is 887. The van der Waals surface area contributed by atoms with Crippen molar-refractivity contribution in [2.45, 2.75) is 40.8 Å². The van der Waals surface area contributed by atoms with Gasteiger partial charge in [0.1, 0.15) is 5.00 Å². The van der Waals surface area contributed by atoms with E-state index in [4.69, 9.17) is 17.0 Å². The maximum atomic E-state index is 12.8. The monoisotopic (exact) mass is 437 g/mol. The lowest BCUT2D eigenvalue weighted by atomic mass is 10.1. The summed E-state index contributed by atoms with van der Waals surface area (Å²) in [5, 5.41) is 11.2. The molecule has 2 N–H and O–H groups in total. The minimum absolute atomic E-state index is 0.110. The summed E-state index contributed by atoms with van der Waals surface area (Å²) in [4.78, 5) is 27.4. The molecule has 0 aromatic carbocycles. The number of carbonyl (C=O) groups excluding carboxylic acids is 2. The van der Waals surface area contributed by atoms with Gasteiger partial charge in [-0.25, -0.2) is 4.79 Å². The van der Waals surface area contributed by atoms with Gasteiger partial charge >= 0.3 is 5.97 Å². The molecule has 2 aromatic rings. The highest BCUT2D eigenvalue weighted by Crippen LogP contribution is 2.34. The van der Waals surface area contributed by atoms with Crippen LogP contribution in [0.5, 0.6) is 0 Å². The number of carbonyl (C=O) groups is 2. The normalized spacial score (nSPS) is 10.5. The maximum Gasteiger partial charge on any atom is 0.341 e. The van der Waals surface area contributed by atoms with Crippen LogP contribution >= 0.6 is 23.6 Å². The molecule has 0 aliphatic rings. The number of rotatable bonds is 8. The Morgan fingerprint density at radius 3 is 2.55 bits per heavy atom. The SMILES string of the molecule is CCN(CC)C(=O)c1sc(NC(=S)NCc2cnn(CC)c2)c(C(=O)OC)c1C. The highest BCUT2D eigenvalue weighted by Gasteiger charge is 2.27. The van der Waals surface area contributed by atoms with E-state index in [0.717, 1.165) is 12.1 Å². The van der Waals surface area contributed by atoms with E-state index in [-0.39, 0.29) is 5.91 Å². The van der Waals surface area contributed by atoms with Crippen molar-refractivity contribution in [1.29, 1.82) is 0 Å². The molecule has 0 aliphatic carbocycles. The fourth-order valence-corrected chi connectivity index (χ4v) is 4.21. The van der Waals surface area contributed by atoms with Crippen LogP contribution in [-0.4, -0.2) is 51.9 Å². The lowest BCUT2D eigenvalue weighted by Crippen LogP contribution is -2.30. The molecule has 0 spiro atoms. The molecule has 1 amide bonds. The number of nitrogens with zero attached hydrogens (tertiary/aromatic N) is 3. The third-order valence-corrected chi connectivity index (χ3v) is 5.91. The van der Waals surface area contributed by atoms with Crippen molar-refractivity contribution in [3.05, 3.63) is 34.0 Å². The fraction of sp³-hybridized carbons (Fsp3) is 0.474. The summed E-state index contributed by atoms with van der Waals surface area (Å²) >= 11 is 6.59. The molecule has 0 saturated carbocycles. The van der Waals surface area contributed by atoms with Gasteiger partial charge in [0.05, 0.1) is 23.7 Å². The second-order valence-corrected chi connectivity index (χ2v) is 7.67. The number of ether oxygens (including phenoxy) is 1. The third-order valence-electron chi connectivity index (χ3n) is 4.47. The Labute approximate surface area is 180 Å². The van der Waals surface area contributed by atoms with E-state index in [1.807, 2.05) is 31.6 Å². The molecule has 0 atom stereocenters. The van der Waals surface area contributed by atoms with Gasteiger partial charge in [0.15, 0.2) is 5.11 Å². The second-order valence-electron chi connectivity index (χ2n) is 6.24. The minimum atomic E-state index is -0.508. The van der Waals surface area contributed by atoms with Crippen LogP contribution in [0.1, 0.15) is 51.9 Å². The highest BCUT2D eigenvalue weighted by atomic mass is 32.1. The lowest BCUT2D eigenvalue weighted by molar-refractivity contribution is 0.0601. The summed E-state index contributed by atoms with van der Waals surface area (Å²) in [6.45, 7) is 10.1. The van der Waals surface area contributed by atoms with Crippen LogP contribution in [-0.2, 0) is 17.8 Å².